The normalized spacial score (nSPS) is 19.1. The maximum atomic E-state index is 12.3. The molecule has 1 saturated heterocycles. The molecule has 0 spiro atoms. The number of carbonyl (C=O) groups excluding carboxylic acids is 1. The Balaban J connectivity index is 1.92. The molecule has 0 radical (unpaired) electrons. The van der Waals surface area contributed by atoms with E-state index in [1.54, 1.807) is 0 Å². The summed E-state index contributed by atoms with van der Waals surface area (Å²) in [6.45, 7) is 5.99. The number of nitrogens with zero attached hydrogens (tertiary/aromatic N) is 1. The second-order valence-electron chi connectivity index (χ2n) is 5.67. The zero-order chi connectivity index (χ0) is 14.5. The Morgan fingerprint density at radius 3 is 2.65 bits per heavy atom. The van der Waals surface area contributed by atoms with Crippen LogP contribution in [-0.4, -0.2) is 41.9 Å². The highest BCUT2D eigenvalue weighted by molar-refractivity contribution is 7.99. The van der Waals surface area contributed by atoms with Gasteiger partial charge in [-0.2, -0.15) is 11.8 Å². The van der Waals surface area contributed by atoms with Crippen molar-refractivity contribution in [1.82, 2.24) is 10.2 Å². The van der Waals surface area contributed by atoms with Crippen LogP contribution in [0.4, 0.5) is 0 Å². The van der Waals surface area contributed by atoms with Crippen molar-refractivity contribution in [3.63, 3.8) is 0 Å². The van der Waals surface area contributed by atoms with Gasteiger partial charge in [-0.15, -0.1) is 0 Å². The molecule has 0 aromatic heterocycles. The lowest BCUT2D eigenvalue weighted by Crippen LogP contribution is -2.49. The number of carbonyl (C=O) groups is 1. The summed E-state index contributed by atoms with van der Waals surface area (Å²) in [5.41, 5.74) is 2.53. The summed E-state index contributed by atoms with van der Waals surface area (Å²) in [7, 11) is 1.89. The number of benzene rings is 1. The Kier molecular flexibility index (Phi) is 5.49. The van der Waals surface area contributed by atoms with E-state index in [0.717, 1.165) is 18.1 Å². The highest BCUT2D eigenvalue weighted by Crippen LogP contribution is 2.16. The highest BCUT2D eigenvalue weighted by atomic mass is 32.2. The molecule has 1 amide bonds. The van der Waals surface area contributed by atoms with Gasteiger partial charge in [0.1, 0.15) is 0 Å². The van der Waals surface area contributed by atoms with Crippen LogP contribution in [0, 0.1) is 0 Å². The fraction of sp³-hybridized carbons (Fsp3) is 0.562. The molecule has 1 fully saturated rings. The van der Waals surface area contributed by atoms with E-state index in [1.807, 2.05) is 23.7 Å². The van der Waals surface area contributed by atoms with Gasteiger partial charge < -0.3 is 10.2 Å². The van der Waals surface area contributed by atoms with E-state index in [0.29, 0.717) is 12.5 Å². The van der Waals surface area contributed by atoms with Crippen LogP contribution in [0.15, 0.2) is 24.3 Å². The quantitative estimate of drug-likeness (QED) is 0.925. The summed E-state index contributed by atoms with van der Waals surface area (Å²) in [5, 5.41) is 3.30. The van der Waals surface area contributed by atoms with Gasteiger partial charge in [-0.05, 0) is 17.0 Å². The third kappa shape index (κ3) is 4.00. The molecule has 3 nitrogen and oxygen atoms in total. The summed E-state index contributed by atoms with van der Waals surface area (Å²) in [5.74, 6) is 2.73. The molecular formula is C16H24N2OS. The number of hydrogen-bond acceptors (Lipinski definition) is 3. The summed E-state index contributed by atoms with van der Waals surface area (Å²) in [4.78, 5) is 14.2. The largest absolute Gasteiger partial charge is 0.340 e. The number of likely N-dealkylation sites (N-methyl/N-ethyl adjacent to an activating group) is 1. The fourth-order valence-electron chi connectivity index (χ4n) is 2.35. The van der Waals surface area contributed by atoms with Gasteiger partial charge in [0.15, 0.2) is 0 Å². The fourth-order valence-corrected chi connectivity index (χ4v) is 3.27. The molecule has 0 bridgehead atoms. The zero-order valence-corrected chi connectivity index (χ0v) is 13.4. The summed E-state index contributed by atoms with van der Waals surface area (Å²) in [6, 6.07) is 8.55. The molecule has 1 heterocycles. The predicted molar refractivity (Wildman–Crippen MR) is 86.1 cm³/mol. The van der Waals surface area contributed by atoms with Crippen molar-refractivity contribution in [3.8, 4) is 0 Å². The summed E-state index contributed by atoms with van der Waals surface area (Å²) in [6.07, 6.45) is 0. The van der Waals surface area contributed by atoms with Crippen LogP contribution < -0.4 is 5.32 Å². The topological polar surface area (TPSA) is 32.3 Å². The van der Waals surface area contributed by atoms with Crippen LogP contribution in [0.25, 0.3) is 0 Å². The van der Waals surface area contributed by atoms with Gasteiger partial charge in [-0.25, -0.2) is 0 Å². The van der Waals surface area contributed by atoms with Crippen molar-refractivity contribution in [2.24, 2.45) is 0 Å². The lowest BCUT2D eigenvalue weighted by Gasteiger charge is -2.27. The molecule has 2 rings (SSSR count). The van der Waals surface area contributed by atoms with Gasteiger partial charge in [-0.3, -0.25) is 4.79 Å². The molecule has 110 valence electrons. The minimum atomic E-state index is -0.0197. The van der Waals surface area contributed by atoms with E-state index in [4.69, 9.17) is 0 Å². The first kappa shape index (κ1) is 15.4. The van der Waals surface area contributed by atoms with E-state index >= 15 is 0 Å². The highest BCUT2D eigenvalue weighted by Gasteiger charge is 2.23. The summed E-state index contributed by atoms with van der Waals surface area (Å²) >= 11 is 1.85. The number of hydrogen-bond donors (Lipinski definition) is 1. The second kappa shape index (κ2) is 7.14. The van der Waals surface area contributed by atoms with Crippen LogP contribution in [-0.2, 0) is 11.3 Å². The van der Waals surface area contributed by atoms with Crippen molar-refractivity contribution in [3.05, 3.63) is 35.4 Å². The molecule has 1 aliphatic heterocycles. The molecule has 0 aliphatic carbocycles. The Morgan fingerprint density at radius 2 is 2.10 bits per heavy atom. The van der Waals surface area contributed by atoms with Crippen molar-refractivity contribution in [1.29, 1.82) is 0 Å². The number of thioether (sulfide) groups is 1. The first-order valence-corrected chi connectivity index (χ1v) is 8.38. The van der Waals surface area contributed by atoms with Crippen molar-refractivity contribution >= 4 is 17.7 Å². The lowest BCUT2D eigenvalue weighted by atomic mass is 10.0. The average Bonchev–Trinajstić information content (AvgIpc) is 2.48. The lowest BCUT2D eigenvalue weighted by molar-refractivity contribution is -0.132. The Bertz CT molecular complexity index is 438. The van der Waals surface area contributed by atoms with E-state index in [-0.39, 0.29) is 11.9 Å². The van der Waals surface area contributed by atoms with Crippen LogP contribution in [0.1, 0.15) is 30.9 Å². The number of amides is 1. The van der Waals surface area contributed by atoms with E-state index in [1.165, 1.54) is 11.1 Å². The second-order valence-corrected chi connectivity index (χ2v) is 6.82. The minimum absolute atomic E-state index is 0.0197. The molecule has 1 aromatic rings. The summed E-state index contributed by atoms with van der Waals surface area (Å²) < 4.78 is 0. The van der Waals surface area contributed by atoms with Crippen molar-refractivity contribution in [2.75, 3.05) is 25.1 Å². The number of nitrogens with one attached hydrogen (secondary N) is 1. The Morgan fingerprint density at radius 1 is 1.40 bits per heavy atom. The monoisotopic (exact) mass is 292 g/mol. The van der Waals surface area contributed by atoms with Crippen molar-refractivity contribution in [2.45, 2.75) is 32.4 Å². The molecule has 1 aliphatic rings. The van der Waals surface area contributed by atoms with Gasteiger partial charge >= 0.3 is 0 Å². The first-order chi connectivity index (χ1) is 9.58. The third-order valence-corrected chi connectivity index (χ3v) is 4.72. The van der Waals surface area contributed by atoms with Crippen molar-refractivity contribution < 1.29 is 4.79 Å². The van der Waals surface area contributed by atoms with E-state index < -0.39 is 0 Å². The van der Waals surface area contributed by atoms with Crippen LogP contribution >= 0.6 is 11.8 Å². The molecular weight excluding hydrogens is 268 g/mol. The van der Waals surface area contributed by atoms with E-state index in [9.17, 15) is 4.79 Å². The van der Waals surface area contributed by atoms with Gasteiger partial charge in [0.05, 0.1) is 6.04 Å². The molecule has 1 unspecified atom stereocenters. The SMILES string of the molecule is CC(C)c1ccc(CN(C)C(=O)C2CSCCN2)cc1. The van der Waals surface area contributed by atoms with E-state index in [2.05, 4.69) is 43.4 Å². The maximum Gasteiger partial charge on any atom is 0.240 e. The maximum absolute atomic E-state index is 12.3. The first-order valence-electron chi connectivity index (χ1n) is 7.23. The number of rotatable bonds is 4. The van der Waals surface area contributed by atoms with Crippen LogP contribution in [0.2, 0.25) is 0 Å². The predicted octanol–water partition coefficient (Wildman–Crippen LogP) is 2.47. The van der Waals surface area contributed by atoms with Crippen LogP contribution in [0.3, 0.4) is 0 Å². The third-order valence-electron chi connectivity index (χ3n) is 3.66. The smallest absolute Gasteiger partial charge is 0.240 e. The van der Waals surface area contributed by atoms with Gasteiger partial charge in [-0.1, -0.05) is 38.1 Å². The molecule has 4 heteroatoms. The molecule has 1 N–H and O–H groups in total. The molecule has 1 aromatic carbocycles. The van der Waals surface area contributed by atoms with Crippen LogP contribution in [0.5, 0.6) is 0 Å². The van der Waals surface area contributed by atoms with Gasteiger partial charge in [0.2, 0.25) is 5.91 Å². The Labute approximate surface area is 126 Å². The minimum Gasteiger partial charge on any atom is -0.340 e. The van der Waals surface area contributed by atoms with Gasteiger partial charge in [0, 0.05) is 31.6 Å². The molecule has 0 saturated carbocycles. The standard InChI is InChI=1S/C16H24N2OS/c1-12(2)14-6-4-13(5-7-14)10-18(3)16(19)15-11-20-9-8-17-15/h4-7,12,15,17H,8-11H2,1-3H3. The average molecular weight is 292 g/mol. The van der Waals surface area contributed by atoms with Gasteiger partial charge in [0.25, 0.3) is 0 Å². The molecule has 1 atom stereocenters. The Hall–Kier alpha value is -1.00. The zero-order valence-electron chi connectivity index (χ0n) is 12.6. The molecule has 20 heavy (non-hydrogen) atoms.